The van der Waals surface area contributed by atoms with E-state index in [1.165, 1.54) is 4.90 Å². The molecular weight excluding hydrogens is 477 g/mol. The molecule has 0 aliphatic heterocycles. The third-order valence-corrected chi connectivity index (χ3v) is 5.88. The number of amides is 3. The van der Waals surface area contributed by atoms with Crippen molar-refractivity contribution in [2.24, 2.45) is 0 Å². The van der Waals surface area contributed by atoms with Crippen molar-refractivity contribution in [2.75, 3.05) is 38.7 Å². The van der Waals surface area contributed by atoms with Crippen LogP contribution < -0.4 is 5.32 Å². The summed E-state index contributed by atoms with van der Waals surface area (Å²) in [5.41, 5.74) is 1.60. The fourth-order valence-corrected chi connectivity index (χ4v) is 3.58. The molecule has 1 aromatic heterocycles. The van der Waals surface area contributed by atoms with Crippen molar-refractivity contribution in [1.82, 2.24) is 9.80 Å². The highest BCUT2D eigenvalue weighted by molar-refractivity contribution is 6.42. The Balaban J connectivity index is 1.70. The van der Waals surface area contributed by atoms with Crippen LogP contribution in [0.5, 0.6) is 0 Å². The second-order valence-electron chi connectivity index (χ2n) is 7.60. The molecule has 0 saturated heterocycles. The molecule has 0 aliphatic carbocycles. The number of furan rings is 1. The monoisotopic (exact) mass is 503 g/mol. The van der Waals surface area contributed by atoms with Gasteiger partial charge in [0.25, 0.3) is 0 Å². The number of hydrogen-bond acceptors (Lipinski definition) is 4. The summed E-state index contributed by atoms with van der Waals surface area (Å²) in [5, 5.41) is 3.48. The van der Waals surface area contributed by atoms with E-state index in [0.29, 0.717) is 41.0 Å². The van der Waals surface area contributed by atoms with E-state index in [1.54, 1.807) is 42.5 Å². The maximum atomic E-state index is 13.3. The smallest absolute Gasteiger partial charge is 0.322 e. The summed E-state index contributed by atoms with van der Waals surface area (Å²) in [6.07, 6.45) is 2.26. The first-order valence-corrected chi connectivity index (χ1v) is 11.6. The van der Waals surface area contributed by atoms with Crippen LogP contribution in [0.2, 0.25) is 10.0 Å². The van der Waals surface area contributed by atoms with Gasteiger partial charge in [0.2, 0.25) is 5.91 Å². The fourth-order valence-electron chi connectivity index (χ4n) is 3.28. The lowest BCUT2D eigenvalue weighted by Gasteiger charge is -2.27. The van der Waals surface area contributed by atoms with Crippen LogP contribution in [-0.2, 0) is 22.5 Å². The van der Waals surface area contributed by atoms with Crippen LogP contribution in [0.15, 0.2) is 71.3 Å². The van der Waals surface area contributed by atoms with E-state index < -0.39 is 6.03 Å². The molecule has 0 atom stereocenters. The van der Waals surface area contributed by atoms with Gasteiger partial charge in [-0.1, -0.05) is 53.5 Å². The Morgan fingerprint density at radius 1 is 0.971 bits per heavy atom. The van der Waals surface area contributed by atoms with Gasteiger partial charge in [-0.15, -0.1) is 0 Å². The molecule has 1 heterocycles. The van der Waals surface area contributed by atoms with Gasteiger partial charge in [0.15, 0.2) is 0 Å². The molecular formula is C25H27Cl2N3O4. The topological polar surface area (TPSA) is 75.0 Å². The van der Waals surface area contributed by atoms with E-state index in [1.807, 2.05) is 36.4 Å². The van der Waals surface area contributed by atoms with Gasteiger partial charge in [0.05, 0.1) is 29.5 Å². The van der Waals surface area contributed by atoms with E-state index in [-0.39, 0.29) is 25.6 Å². The minimum Gasteiger partial charge on any atom is -0.467 e. The van der Waals surface area contributed by atoms with E-state index in [2.05, 4.69) is 5.32 Å². The molecule has 9 heteroatoms. The quantitative estimate of drug-likeness (QED) is 0.383. The summed E-state index contributed by atoms with van der Waals surface area (Å²) in [6.45, 7) is 1.19. The Bertz CT molecular complexity index is 1060. The lowest BCUT2D eigenvalue weighted by molar-refractivity contribution is -0.132. The molecule has 180 valence electrons. The van der Waals surface area contributed by atoms with Crippen LogP contribution in [0.3, 0.4) is 0 Å². The molecule has 3 aromatic rings. The van der Waals surface area contributed by atoms with Crippen LogP contribution in [-0.4, -0.2) is 55.1 Å². The number of nitrogens with one attached hydrogen (secondary N) is 1. The third kappa shape index (κ3) is 7.80. The van der Waals surface area contributed by atoms with Gasteiger partial charge in [0.1, 0.15) is 12.3 Å². The minimum atomic E-state index is -0.440. The molecule has 0 aliphatic rings. The van der Waals surface area contributed by atoms with Crippen LogP contribution in [0.1, 0.15) is 11.3 Å². The van der Waals surface area contributed by atoms with Gasteiger partial charge in [0, 0.05) is 25.9 Å². The Morgan fingerprint density at radius 2 is 1.76 bits per heavy atom. The van der Waals surface area contributed by atoms with Crippen molar-refractivity contribution in [3.8, 4) is 0 Å². The first kappa shape index (κ1) is 25.6. The minimum absolute atomic E-state index is 0.119. The zero-order chi connectivity index (χ0) is 24.3. The highest BCUT2D eigenvalue weighted by atomic mass is 35.5. The first-order chi connectivity index (χ1) is 16.5. The standard InChI is InChI=1S/C25H27Cl2N3O4/c1-33-15-13-30(25(32)28-20-9-10-22(26)23(27)16-20)18-24(31)29(17-21-8-5-14-34-21)12-11-19-6-3-2-4-7-19/h2-10,14,16H,11-13,15,17-18H2,1H3,(H,28,32). The second-order valence-corrected chi connectivity index (χ2v) is 8.42. The van der Waals surface area contributed by atoms with Crippen LogP contribution in [0.4, 0.5) is 10.5 Å². The lowest BCUT2D eigenvalue weighted by atomic mass is 10.1. The van der Waals surface area contributed by atoms with E-state index in [0.717, 1.165) is 5.56 Å². The number of ether oxygens (including phenoxy) is 1. The highest BCUT2D eigenvalue weighted by Gasteiger charge is 2.22. The molecule has 0 radical (unpaired) electrons. The maximum Gasteiger partial charge on any atom is 0.322 e. The summed E-state index contributed by atoms with van der Waals surface area (Å²) in [5.74, 6) is 0.470. The Labute approximate surface area is 209 Å². The lowest BCUT2D eigenvalue weighted by Crippen LogP contribution is -2.46. The van der Waals surface area contributed by atoms with Gasteiger partial charge in [-0.05, 0) is 42.3 Å². The summed E-state index contributed by atoms with van der Waals surface area (Å²) in [7, 11) is 1.54. The van der Waals surface area contributed by atoms with Gasteiger partial charge in [-0.3, -0.25) is 4.79 Å². The Hall–Kier alpha value is -3.00. The third-order valence-electron chi connectivity index (χ3n) is 5.14. The molecule has 1 N–H and O–H groups in total. The molecule has 3 rings (SSSR count). The van der Waals surface area contributed by atoms with Crippen molar-refractivity contribution in [1.29, 1.82) is 0 Å². The van der Waals surface area contributed by atoms with Crippen LogP contribution >= 0.6 is 23.2 Å². The zero-order valence-corrected chi connectivity index (χ0v) is 20.4. The van der Waals surface area contributed by atoms with Gasteiger partial charge < -0.3 is 24.3 Å². The average Bonchev–Trinajstić information content (AvgIpc) is 3.35. The molecule has 0 fully saturated rings. The summed E-state index contributed by atoms with van der Waals surface area (Å²) in [4.78, 5) is 29.4. The zero-order valence-electron chi connectivity index (χ0n) is 18.9. The largest absolute Gasteiger partial charge is 0.467 e. The predicted molar refractivity (Wildman–Crippen MR) is 133 cm³/mol. The average molecular weight is 504 g/mol. The van der Waals surface area contributed by atoms with Gasteiger partial charge >= 0.3 is 6.03 Å². The van der Waals surface area contributed by atoms with E-state index in [4.69, 9.17) is 32.4 Å². The van der Waals surface area contributed by atoms with Gasteiger partial charge in [-0.25, -0.2) is 4.79 Å². The number of nitrogens with zero attached hydrogens (tertiary/aromatic N) is 2. The number of hydrogen-bond donors (Lipinski definition) is 1. The molecule has 0 bridgehead atoms. The second kappa shape index (κ2) is 13.0. The Morgan fingerprint density at radius 3 is 2.44 bits per heavy atom. The Kier molecular flexibility index (Phi) is 9.82. The van der Waals surface area contributed by atoms with E-state index >= 15 is 0 Å². The maximum absolute atomic E-state index is 13.3. The predicted octanol–water partition coefficient (Wildman–Crippen LogP) is 5.34. The summed E-state index contributed by atoms with van der Waals surface area (Å²) in [6, 6.07) is 17.9. The number of anilines is 1. The number of methoxy groups -OCH3 is 1. The van der Waals surface area contributed by atoms with Gasteiger partial charge in [-0.2, -0.15) is 0 Å². The molecule has 2 aromatic carbocycles. The van der Waals surface area contributed by atoms with Crippen molar-refractivity contribution < 1.29 is 18.7 Å². The molecule has 0 spiro atoms. The first-order valence-electron chi connectivity index (χ1n) is 10.8. The number of carbonyl (C=O) groups is 2. The molecule has 3 amide bonds. The number of halogens is 2. The molecule has 0 saturated carbocycles. The SMILES string of the molecule is COCCN(CC(=O)N(CCc1ccccc1)Cc1ccco1)C(=O)Nc1ccc(Cl)c(Cl)c1. The highest BCUT2D eigenvalue weighted by Crippen LogP contribution is 2.25. The number of rotatable bonds is 11. The molecule has 34 heavy (non-hydrogen) atoms. The van der Waals surface area contributed by atoms with Crippen molar-refractivity contribution in [3.63, 3.8) is 0 Å². The summed E-state index contributed by atoms with van der Waals surface area (Å²) >= 11 is 12.0. The van der Waals surface area contributed by atoms with Crippen molar-refractivity contribution in [2.45, 2.75) is 13.0 Å². The molecule has 7 nitrogen and oxygen atoms in total. The van der Waals surface area contributed by atoms with Crippen LogP contribution in [0, 0.1) is 0 Å². The normalized spacial score (nSPS) is 10.7. The summed E-state index contributed by atoms with van der Waals surface area (Å²) < 4.78 is 10.6. The molecule has 0 unspecified atom stereocenters. The fraction of sp³-hybridized carbons (Fsp3) is 0.280. The van der Waals surface area contributed by atoms with Crippen molar-refractivity contribution in [3.05, 3.63) is 88.3 Å². The number of urea groups is 1. The van der Waals surface area contributed by atoms with Crippen LogP contribution in [0.25, 0.3) is 0 Å². The van der Waals surface area contributed by atoms with E-state index in [9.17, 15) is 9.59 Å². The number of benzene rings is 2. The number of carbonyl (C=O) groups excluding carboxylic acids is 2. The van der Waals surface area contributed by atoms with Crippen molar-refractivity contribution >= 4 is 40.8 Å².